The van der Waals surface area contributed by atoms with E-state index in [0.29, 0.717) is 11.4 Å². The summed E-state index contributed by atoms with van der Waals surface area (Å²) in [5.41, 5.74) is 7.07. The Labute approximate surface area is 125 Å². The van der Waals surface area contributed by atoms with Crippen LogP contribution in [0.1, 0.15) is 57.1 Å². The van der Waals surface area contributed by atoms with E-state index >= 15 is 0 Å². The number of carbonyl (C=O) groups excluding carboxylic acids is 1. The Morgan fingerprint density at radius 3 is 2.50 bits per heavy atom. The molecule has 1 aromatic rings. The van der Waals surface area contributed by atoms with Crippen LogP contribution in [0.2, 0.25) is 5.02 Å². The number of nitrogens with one attached hydrogen (secondary N) is 1. The maximum atomic E-state index is 12.1. The number of rotatable bonds is 4. The van der Waals surface area contributed by atoms with Crippen LogP contribution < -0.4 is 11.1 Å². The first-order valence-electron chi connectivity index (χ1n) is 7.32. The van der Waals surface area contributed by atoms with Gasteiger partial charge in [-0.3, -0.25) is 4.79 Å². The quantitative estimate of drug-likeness (QED) is 0.892. The lowest BCUT2D eigenvalue weighted by Gasteiger charge is -2.33. The fraction of sp³-hybridized carbons (Fsp3) is 0.562. The predicted octanol–water partition coefficient (Wildman–Crippen LogP) is 3.57. The molecule has 4 heteroatoms. The van der Waals surface area contributed by atoms with Crippen LogP contribution >= 0.6 is 11.6 Å². The molecule has 0 bridgehead atoms. The van der Waals surface area contributed by atoms with Gasteiger partial charge in [-0.2, -0.15) is 0 Å². The highest BCUT2D eigenvalue weighted by molar-refractivity contribution is 6.30. The van der Waals surface area contributed by atoms with Crippen molar-refractivity contribution < 1.29 is 4.79 Å². The van der Waals surface area contributed by atoms with E-state index in [1.165, 1.54) is 6.42 Å². The van der Waals surface area contributed by atoms with Crippen LogP contribution in [0.3, 0.4) is 0 Å². The lowest BCUT2D eigenvalue weighted by Crippen LogP contribution is -2.46. The molecule has 1 aliphatic rings. The van der Waals surface area contributed by atoms with Crippen LogP contribution in [0.15, 0.2) is 24.3 Å². The van der Waals surface area contributed by atoms with Crippen LogP contribution in [-0.2, 0) is 4.79 Å². The zero-order valence-corrected chi connectivity index (χ0v) is 12.7. The molecule has 20 heavy (non-hydrogen) atoms. The van der Waals surface area contributed by atoms with Crippen LogP contribution in [0, 0.1) is 0 Å². The minimum atomic E-state index is -0.304. The molecule has 2 rings (SSSR count). The van der Waals surface area contributed by atoms with Gasteiger partial charge in [0.05, 0.1) is 6.04 Å². The van der Waals surface area contributed by atoms with E-state index < -0.39 is 0 Å². The van der Waals surface area contributed by atoms with Gasteiger partial charge in [0.1, 0.15) is 0 Å². The first-order chi connectivity index (χ1) is 9.48. The normalized spacial score (nSPS) is 19.4. The van der Waals surface area contributed by atoms with E-state index in [1.54, 1.807) is 0 Å². The van der Waals surface area contributed by atoms with E-state index in [-0.39, 0.29) is 17.5 Å². The molecule has 0 heterocycles. The summed E-state index contributed by atoms with van der Waals surface area (Å²) < 4.78 is 0. The fourth-order valence-electron chi connectivity index (χ4n) is 2.88. The molecule has 0 spiro atoms. The van der Waals surface area contributed by atoms with E-state index in [4.69, 9.17) is 17.3 Å². The Kier molecular flexibility index (Phi) is 5.06. The Morgan fingerprint density at radius 2 is 1.90 bits per heavy atom. The van der Waals surface area contributed by atoms with Crippen molar-refractivity contribution in [1.29, 1.82) is 0 Å². The van der Waals surface area contributed by atoms with Gasteiger partial charge in [0.2, 0.25) is 5.91 Å². The molecule has 110 valence electrons. The van der Waals surface area contributed by atoms with Gasteiger partial charge in [-0.05, 0) is 37.5 Å². The summed E-state index contributed by atoms with van der Waals surface area (Å²) in [6.07, 6.45) is 5.84. The summed E-state index contributed by atoms with van der Waals surface area (Å²) >= 11 is 5.87. The average Bonchev–Trinajstić information content (AvgIpc) is 2.39. The van der Waals surface area contributed by atoms with Gasteiger partial charge in [-0.15, -0.1) is 0 Å². The minimum Gasteiger partial charge on any atom is -0.350 e. The van der Waals surface area contributed by atoms with Gasteiger partial charge in [-0.1, -0.05) is 43.0 Å². The number of hydrogen-bond donors (Lipinski definition) is 2. The van der Waals surface area contributed by atoms with Crippen molar-refractivity contribution in [2.45, 2.75) is 57.0 Å². The molecule has 0 unspecified atom stereocenters. The van der Waals surface area contributed by atoms with Gasteiger partial charge in [0, 0.05) is 17.0 Å². The van der Waals surface area contributed by atoms with Crippen molar-refractivity contribution in [2.24, 2.45) is 5.73 Å². The van der Waals surface area contributed by atoms with Crippen LogP contribution in [0.25, 0.3) is 0 Å². The van der Waals surface area contributed by atoms with Gasteiger partial charge in [0.25, 0.3) is 0 Å². The Balaban J connectivity index is 1.89. The molecule has 1 fully saturated rings. The maximum absolute atomic E-state index is 12.1. The molecule has 1 aliphatic carbocycles. The van der Waals surface area contributed by atoms with Gasteiger partial charge >= 0.3 is 0 Å². The summed E-state index contributed by atoms with van der Waals surface area (Å²) in [5, 5.41) is 3.73. The van der Waals surface area contributed by atoms with E-state index in [9.17, 15) is 4.79 Å². The molecular weight excluding hydrogens is 272 g/mol. The molecule has 1 atom stereocenters. The van der Waals surface area contributed by atoms with Crippen molar-refractivity contribution in [3.05, 3.63) is 34.9 Å². The number of carbonyl (C=O) groups is 1. The first kappa shape index (κ1) is 15.3. The molecule has 0 aliphatic heterocycles. The molecule has 0 aromatic heterocycles. The summed E-state index contributed by atoms with van der Waals surface area (Å²) in [5.74, 6) is 0.0388. The second-order valence-electron chi connectivity index (χ2n) is 5.94. The zero-order valence-electron chi connectivity index (χ0n) is 12.0. The zero-order chi connectivity index (χ0) is 14.6. The Hall–Kier alpha value is -1.06. The second kappa shape index (κ2) is 6.59. The van der Waals surface area contributed by atoms with Gasteiger partial charge in [0.15, 0.2) is 0 Å². The topological polar surface area (TPSA) is 55.1 Å². The molecule has 0 radical (unpaired) electrons. The number of halogens is 1. The van der Waals surface area contributed by atoms with E-state index in [1.807, 2.05) is 31.2 Å². The largest absolute Gasteiger partial charge is 0.350 e. The third kappa shape index (κ3) is 4.22. The Morgan fingerprint density at radius 1 is 1.30 bits per heavy atom. The summed E-state index contributed by atoms with van der Waals surface area (Å²) in [7, 11) is 0. The van der Waals surface area contributed by atoms with Crippen molar-refractivity contribution in [3.63, 3.8) is 0 Å². The summed E-state index contributed by atoms with van der Waals surface area (Å²) in [6, 6.07) is 7.53. The van der Waals surface area contributed by atoms with Crippen molar-refractivity contribution in [3.8, 4) is 0 Å². The third-order valence-corrected chi connectivity index (χ3v) is 4.36. The smallest absolute Gasteiger partial charge is 0.222 e. The third-order valence-electron chi connectivity index (χ3n) is 4.11. The highest BCUT2D eigenvalue weighted by atomic mass is 35.5. The van der Waals surface area contributed by atoms with Crippen molar-refractivity contribution >= 4 is 17.5 Å². The van der Waals surface area contributed by atoms with Gasteiger partial charge < -0.3 is 11.1 Å². The summed E-state index contributed by atoms with van der Waals surface area (Å²) in [6.45, 7) is 1.98. The van der Waals surface area contributed by atoms with Crippen molar-refractivity contribution in [1.82, 2.24) is 5.32 Å². The number of nitrogens with two attached hydrogens (primary N) is 1. The summed E-state index contributed by atoms with van der Waals surface area (Å²) in [4.78, 5) is 12.1. The number of benzene rings is 1. The molecule has 3 nitrogen and oxygen atoms in total. The van der Waals surface area contributed by atoms with E-state index in [2.05, 4.69) is 5.32 Å². The molecule has 1 saturated carbocycles. The monoisotopic (exact) mass is 294 g/mol. The lowest BCUT2D eigenvalue weighted by atomic mass is 9.80. The second-order valence-corrected chi connectivity index (χ2v) is 6.38. The number of hydrogen-bond acceptors (Lipinski definition) is 2. The SMILES string of the molecule is C[C@H](NC(=O)CC1(N)CCCCC1)c1ccc(Cl)cc1. The van der Waals surface area contributed by atoms with Crippen LogP contribution in [0.5, 0.6) is 0 Å². The fourth-order valence-corrected chi connectivity index (χ4v) is 3.01. The lowest BCUT2D eigenvalue weighted by molar-refractivity contribution is -0.123. The highest BCUT2D eigenvalue weighted by Crippen LogP contribution is 2.28. The maximum Gasteiger partial charge on any atom is 0.222 e. The molecule has 3 N–H and O–H groups in total. The molecule has 1 amide bonds. The minimum absolute atomic E-state index is 0.0213. The first-order valence-corrected chi connectivity index (χ1v) is 7.70. The van der Waals surface area contributed by atoms with Crippen molar-refractivity contribution in [2.75, 3.05) is 0 Å². The Bertz CT molecular complexity index is 452. The predicted molar refractivity (Wildman–Crippen MR) is 82.6 cm³/mol. The molecule has 0 saturated heterocycles. The van der Waals surface area contributed by atoms with Gasteiger partial charge in [-0.25, -0.2) is 0 Å². The average molecular weight is 295 g/mol. The standard InChI is InChI=1S/C16H23ClN2O/c1-12(13-5-7-14(17)8-6-13)19-15(20)11-16(18)9-3-2-4-10-16/h5-8,12H,2-4,9-11,18H2,1H3,(H,19,20)/t12-/m0/s1. The van der Waals surface area contributed by atoms with Crippen LogP contribution in [0.4, 0.5) is 0 Å². The molecular formula is C16H23ClN2O. The number of amides is 1. The molecule has 1 aromatic carbocycles. The highest BCUT2D eigenvalue weighted by Gasteiger charge is 2.30. The van der Waals surface area contributed by atoms with E-state index in [0.717, 1.165) is 31.2 Å². The van der Waals surface area contributed by atoms with Crippen LogP contribution in [-0.4, -0.2) is 11.4 Å².